The lowest BCUT2D eigenvalue weighted by molar-refractivity contribution is 0.176. The maximum absolute atomic E-state index is 12.5. The van der Waals surface area contributed by atoms with Crippen molar-refractivity contribution < 1.29 is 8.42 Å². The molecule has 3 rings (SSSR count). The fourth-order valence-electron chi connectivity index (χ4n) is 3.33. The Labute approximate surface area is 126 Å². The number of fused-ring (bicyclic) bond motifs is 1. The molecule has 0 spiro atoms. The molecular weight excluding hydrogens is 288 g/mol. The number of sulfonamides is 1. The molecule has 0 aliphatic carbocycles. The van der Waals surface area contributed by atoms with Gasteiger partial charge in [-0.05, 0) is 44.8 Å². The highest BCUT2D eigenvalue weighted by Crippen LogP contribution is 2.27. The molecule has 1 aromatic heterocycles. The van der Waals surface area contributed by atoms with E-state index in [0.717, 1.165) is 19.4 Å². The summed E-state index contributed by atoms with van der Waals surface area (Å²) in [5.41, 5.74) is 0. The average molecular weight is 310 g/mol. The molecule has 2 atom stereocenters. The Kier molecular flexibility index (Phi) is 4.14. The molecule has 2 aliphatic heterocycles. The summed E-state index contributed by atoms with van der Waals surface area (Å²) in [5.74, 6) is 0.559. The number of nitrogens with zero attached hydrogens (tertiary/aromatic N) is 2. The maximum atomic E-state index is 12.5. The average Bonchev–Trinajstić information content (AvgIpc) is 2.94. The summed E-state index contributed by atoms with van der Waals surface area (Å²) in [6, 6.07) is 3.69. The van der Waals surface area contributed by atoms with Gasteiger partial charge in [-0.1, -0.05) is 0 Å². The van der Waals surface area contributed by atoms with Gasteiger partial charge in [0.2, 0.25) is 10.0 Å². The Morgan fingerprint density at radius 3 is 3.00 bits per heavy atom. The number of anilines is 1. The van der Waals surface area contributed by atoms with Gasteiger partial charge in [-0.25, -0.2) is 18.1 Å². The third-order valence-corrected chi connectivity index (χ3v) is 5.96. The molecule has 2 N–H and O–H groups in total. The molecule has 0 aromatic carbocycles. The Bertz CT molecular complexity index is 605. The van der Waals surface area contributed by atoms with E-state index >= 15 is 0 Å². The predicted molar refractivity (Wildman–Crippen MR) is 81.7 cm³/mol. The molecule has 7 heteroatoms. The van der Waals surface area contributed by atoms with Crippen molar-refractivity contribution in [2.75, 3.05) is 25.5 Å². The van der Waals surface area contributed by atoms with Gasteiger partial charge in [-0.2, -0.15) is 0 Å². The molecule has 1 aromatic rings. The van der Waals surface area contributed by atoms with Crippen LogP contribution in [-0.2, 0) is 10.0 Å². The summed E-state index contributed by atoms with van der Waals surface area (Å²) >= 11 is 0. The highest BCUT2D eigenvalue weighted by Gasteiger charge is 2.33. The fraction of sp³-hybridized carbons (Fsp3) is 0.643. The van der Waals surface area contributed by atoms with E-state index in [-0.39, 0.29) is 10.9 Å². The van der Waals surface area contributed by atoms with Gasteiger partial charge in [0.1, 0.15) is 5.82 Å². The monoisotopic (exact) mass is 310 g/mol. The van der Waals surface area contributed by atoms with Crippen LogP contribution in [0.5, 0.6) is 0 Å². The molecule has 0 radical (unpaired) electrons. The molecule has 2 aliphatic rings. The first-order valence-electron chi connectivity index (χ1n) is 7.49. The molecule has 2 fully saturated rings. The van der Waals surface area contributed by atoms with E-state index in [2.05, 4.69) is 19.9 Å². The Hall–Kier alpha value is -1.18. The lowest BCUT2D eigenvalue weighted by Gasteiger charge is -2.34. The highest BCUT2D eigenvalue weighted by atomic mass is 32.2. The zero-order valence-corrected chi connectivity index (χ0v) is 13.1. The van der Waals surface area contributed by atoms with Crippen LogP contribution in [0.25, 0.3) is 0 Å². The lowest BCUT2D eigenvalue weighted by Crippen LogP contribution is -2.47. The number of hydrogen-bond acceptors (Lipinski definition) is 5. The van der Waals surface area contributed by atoms with Crippen molar-refractivity contribution >= 4 is 15.8 Å². The number of pyridine rings is 1. The van der Waals surface area contributed by atoms with Gasteiger partial charge in [0.25, 0.3) is 0 Å². The third-order valence-electron chi connectivity index (χ3n) is 4.44. The number of piperidine rings is 1. The Balaban J connectivity index is 1.70. The molecule has 3 heterocycles. The van der Waals surface area contributed by atoms with E-state index in [1.807, 2.05) is 0 Å². The topological polar surface area (TPSA) is 74.3 Å². The van der Waals surface area contributed by atoms with Crippen LogP contribution >= 0.6 is 0 Å². The van der Waals surface area contributed by atoms with Crippen molar-refractivity contribution in [1.29, 1.82) is 0 Å². The van der Waals surface area contributed by atoms with Crippen molar-refractivity contribution in [2.45, 2.75) is 42.7 Å². The van der Waals surface area contributed by atoms with Gasteiger partial charge in [0.15, 0.2) is 0 Å². The first-order valence-corrected chi connectivity index (χ1v) is 8.97. The Morgan fingerprint density at radius 2 is 2.19 bits per heavy atom. The van der Waals surface area contributed by atoms with Gasteiger partial charge in [0, 0.05) is 31.4 Å². The zero-order chi connectivity index (χ0) is 14.9. The van der Waals surface area contributed by atoms with Gasteiger partial charge in [-0.3, -0.25) is 0 Å². The van der Waals surface area contributed by atoms with Gasteiger partial charge < -0.3 is 10.2 Å². The molecule has 116 valence electrons. The third kappa shape index (κ3) is 3.20. The largest absolute Gasteiger partial charge is 0.373 e. The van der Waals surface area contributed by atoms with Crippen LogP contribution in [0.2, 0.25) is 0 Å². The molecular formula is C14H22N4O2S. The molecule has 21 heavy (non-hydrogen) atoms. The molecule has 6 nitrogen and oxygen atoms in total. The Morgan fingerprint density at radius 1 is 1.33 bits per heavy atom. The molecule has 2 unspecified atom stereocenters. The lowest BCUT2D eigenvalue weighted by atomic mass is 9.99. The van der Waals surface area contributed by atoms with Gasteiger partial charge >= 0.3 is 0 Å². The zero-order valence-electron chi connectivity index (χ0n) is 12.2. The second kappa shape index (κ2) is 5.90. The standard InChI is InChI=1S/C14H22N4O2S/c1-15-14-10-13(4-6-16-14)21(19,20)17-11-5-8-18-7-2-3-12(18)9-11/h4,6,10-12,17H,2-3,5,7-9H2,1H3,(H,15,16). The van der Waals surface area contributed by atoms with Crippen molar-refractivity contribution in [3.05, 3.63) is 18.3 Å². The van der Waals surface area contributed by atoms with Crippen molar-refractivity contribution in [3.8, 4) is 0 Å². The SMILES string of the molecule is CNc1cc(S(=O)(=O)NC2CCN3CCCC3C2)ccn1. The number of rotatable bonds is 4. The van der Waals surface area contributed by atoms with Crippen molar-refractivity contribution in [1.82, 2.24) is 14.6 Å². The summed E-state index contributed by atoms with van der Waals surface area (Å²) < 4.78 is 27.8. The first-order chi connectivity index (χ1) is 10.1. The molecule has 0 amide bonds. The first kappa shape index (κ1) is 14.7. The number of aromatic nitrogens is 1. The van der Waals surface area contributed by atoms with Crippen LogP contribution in [0, 0.1) is 0 Å². The summed E-state index contributed by atoms with van der Waals surface area (Å²) in [6.45, 7) is 2.16. The summed E-state index contributed by atoms with van der Waals surface area (Å²) in [6.07, 6.45) is 5.75. The summed E-state index contributed by atoms with van der Waals surface area (Å²) in [4.78, 5) is 6.81. The number of nitrogens with one attached hydrogen (secondary N) is 2. The van der Waals surface area contributed by atoms with E-state index in [1.165, 1.54) is 31.6 Å². The molecule has 0 bridgehead atoms. The predicted octanol–water partition coefficient (Wildman–Crippen LogP) is 1.03. The van der Waals surface area contributed by atoms with E-state index < -0.39 is 10.0 Å². The van der Waals surface area contributed by atoms with E-state index in [0.29, 0.717) is 11.9 Å². The van der Waals surface area contributed by atoms with Crippen LogP contribution in [0.1, 0.15) is 25.7 Å². The highest BCUT2D eigenvalue weighted by molar-refractivity contribution is 7.89. The van der Waals surface area contributed by atoms with Crippen LogP contribution in [0.3, 0.4) is 0 Å². The smallest absolute Gasteiger partial charge is 0.241 e. The van der Waals surface area contributed by atoms with Crippen LogP contribution in [0.4, 0.5) is 5.82 Å². The molecule has 0 saturated carbocycles. The van der Waals surface area contributed by atoms with Gasteiger partial charge in [0.05, 0.1) is 4.90 Å². The van der Waals surface area contributed by atoms with Crippen LogP contribution in [-0.4, -0.2) is 50.5 Å². The van der Waals surface area contributed by atoms with Crippen molar-refractivity contribution in [3.63, 3.8) is 0 Å². The quantitative estimate of drug-likeness (QED) is 0.869. The second-order valence-electron chi connectivity index (χ2n) is 5.80. The van der Waals surface area contributed by atoms with Crippen molar-refractivity contribution in [2.24, 2.45) is 0 Å². The summed E-state index contributed by atoms with van der Waals surface area (Å²) in [7, 11) is -1.75. The van der Waals surface area contributed by atoms with E-state index in [1.54, 1.807) is 13.1 Å². The molecule has 2 saturated heterocycles. The minimum atomic E-state index is -3.47. The van der Waals surface area contributed by atoms with Crippen LogP contribution < -0.4 is 10.0 Å². The van der Waals surface area contributed by atoms with E-state index in [9.17, 15) is 8.42 Å². The minimum absolute atomic E-state index is 0.0422. The fourth-order valence-corrected chi connectivity index (χ4v) is 4.63. The van der Waals surface area contributed by atoms with Gasteiger partial charge in [-0.15, -0.1) is 0 Å². The number of hydrogen-bond donors (Lipinski definition) is 2. The normalized spacial score (nSPS) is 26.5. The summed E-state index contributed by atoms with van der Waals surface area (Å²) in [5, 5.41) is 2.86. The maximum Gasteiger partial charge on any atom is 0.241 e. The van der Waals surface area contributed by atoms with Crippen LogP contribution in [0.15, 0.2) is 23.2 Å². The van der Waals surface area contributed by atoms with E-state index in [4.69, 9.17) is 0 Å². The second-order valence-corrected chi connectivity index (χ2v) is 7.52. The minimum Gasteiger partial charge on any atom is -0.373 e.